The van der Waals surface area contributed by atoms with Gasteiger partial charge < -0.3 is 9.84 Å². The highest BCUT2D eigenvalue weighted by atomic mass is 16.5. The van der Waals surface area contributed by atoms with Crippen LogP contribution in [0.2, 0.25) is 0 Å². The van der Waals surface area contributed by atoms with Crippen molar-refractivity contribution in [1.29, 1.82) is 0 Å². The highest BCUT2D eigenvalue weighted by Crippen LogP contribution is 2.16. The Balaban J connectivity index is 2.87. The van der Waals surface area contributed by atoms with Crippen molar-refractivity contribution in [3.8, 4) is 5.75 Å². The predicted molar refractivity (Wildman–Crippen MR) is 62.8 cm³/mol. The number of rotatable bonds is 5. The van der Waals surface area contributed by atoms with Crippen LogP contribution < -0.4 is 4.74 Å². The van der Waals surface area contributed by atoms with Crippen molar-refractivity contribution in [2.24, 2.45) is 5.92 Å². The molecule has 1 aromatic rings. The summed E-state index contributed by atoms with van der Waals surface area (Å²) in [6.07, 6.45) is -0.947. The smallest absolute Gasteiger partial charge is 0.191 e. The average Bonchev–Trinajstić information content (AvgIpc) is 2.28. The monoisotopic (exact) mass is 222 g/mol. The Morgan fingerprint density at radius 1 is 1.44 bits per heavy atom. The average molecular weight is 222 g/mol. The number of carbonyl (C=O) groups is 1. The Morgan fingerprint density at radius 3 is 2.69 bits per heavy atom. The van der Waals surface area contributed by atoms with Gasteiger partial charge in [0.1, 0.15) is 11.9 Å². The zero-order chi connectivity index (χ0) is 12.1. The van der Waals surface area contributed by atoms with Crippen molar-refractivity contribution < 1.29 is 14.6 Å². The third-order valence-electron chi connectivity index (χ3n) is 2.33. The number of hydrogen-bond acceptors (Lipinski definition) is 3. The van der Waals surface area contributed by atoms with Crippen molar-refractivity contribution >= 4 is 5.78 Å². The Hall–Kier alpha value is -1.35. The van der Waals surface area contributed by atoms with Crippen molar-refractivity contribution in [1.82, 2.24) is 0 Å². The van der Waals surface area contributed by atoms with Gasteiger partial charge in [-0.15, -0.1) is 0 Å². The molecule has 1 rings (SSSR count). The minimum absolute atomic E-state index is 0.0803. The summed E-state index contributed by atoms with van der Waals surface area (Å²) in [7, 11) is 0. The third-order valence-corrected chi connectivity index (χ3v) is 2.33. The molecule has 1 unspecified atom stereocenters. The van der Waals surface area contributed by atoms with E-state index in [9.17, 15) is 9.90 Å². The fourth-order valence-corrected chi connectivity index (χ4v) is 1.38. The molecule has 0 aliphatic carbocycles. The summed E-state index contributed by atoms with van der Waals surface area (Å²) in [6.45, 7) is 6.08. The summed E-state index contributed by atoms with van der Waals surface area (Å²) in [4.78, 5) is 11.8. The van der Waals surface area contributed by atoms with Gasteiger partial charge in [0, 0.05) is 5.56 Å². The van der Waals surface area contributed by atoms with Gasteiger partial charge >= 0.3 is 0 Å². The summed E-state index contributed by atoms with van der Waals surface area (Å²) in [5.74, 6) is 0.323. The SMILES string of the molecule is CCOc1cccc(C(=O)C(O)C(C)C)c1. The molecule has 1 atom stereocenters. The maximum absolute atomic E-state index is 11.8. The van der Waals surface area contributed by atoms with E-state index in [2.05, 4.69) is 0 Å². The predicted octanol–water partition coefficient (Wildman–Crippen LogP) is 2.28. The van der Waals surface area contributed by atoms with E-state index in [4.69, 9.17) is 4.74 Å². The Kier molecular flexibility index (Phi) is 4.50. The molecule has 0 aliphatic rings. The molecular formula is C13H18O3. The molecule has 0 saturated heterocycles. The Morgan fingerprint density at radius 2 is 2.12 bits per heavy atom. The Bertz CT molecular complexity index is 358. The second-order valence-corrected chi connectivity index (χ2v) is 4.01. The second kappa shape index (κ2) is 5.66. The van der Waals surface area contributed by atoms with Crippen LogP contribution in [0.3, 0.4) is 0 Å². The molecular weight excluding hydrogens is 204 g/mol. The first kappa shape index (κ1) is 12.7. The molecule has 0 aliphatic heterocycles. The lowest BCUT2D eigenvalue weighted by molar-refractivity contribution is 0.0647. The van der Waals surface area contributed by atoms with Crippen molar-refractivity contribution in [2.75, 3.05) is 6.61 Å². The molecule has 1 N–H and O–H groups in total. The van der Waals surface area contributed by atoms with E-state index in [1.54, 1.807) is 24.3 Å². The molecule has 0 radical (unpaired) electrons. The van der Waals surface area contributed by atoms with E-state index in [1.165, 1.54) is 0 Å². The van der Waals surface area contributed by atoms with Crippen LogP contribution >= 0.6 is 0 Å². The van der Waals surface area contributed by atoms with Gasteiger partial charge in [0.15, 0.2) is 5.78 Å². The normalized spacial score (nSPS) is 12.6. The van der Waals surface area contributed by atoms with Crippen LogP contribution in [0.1, 0.15) is 31.1 Å². The first-order valence-corrected chi connectivity index (χ1v) is 5.51. The lowest BCUT2D eigenvalue weighted by atomic mass is 9.98. The molecule has 3 heteroatoms. The van der Waals surface area contributed by atoms with Gasteiger partial charge in [-0.1, -0.05) is 26.0 Å². The maximum Gasteiger partial charge on any atom is 0.191 e. The van der Waals surface area contributed by atoms with E-state index in [-0.39, 0.29) is 11.7 Å². The minimum Gasteiger partial charge on any atom is -0.494 e. The van der Waals surface area contributed by atoms with Crippen molar-refractivity contribution in [3.05, 3.63) is 29.8 Å². The van der Waals surface area contributed by atoms with Crippen molar-refractivity contribution in [3.63, 3.8) is 0 Å². The highest BCUT2D eigenvalue weighted by Gasteiger charge is 2.20. The third kappa shape index (κ3) is 3.07. The van der Waals surface area contributed by atoms with Crippen LogP contribution in [0.25, 0.3) is 0 Å². The Labute approximate surface area is 96.1 Å². The lowest BCUT2D eigenvalue weighted by Gasteiger charge is -2.13. The second-order valence-electron chi connectivity index (χ2n) is 4.01. The van der Waals surface area contributed by atoms with Crippen molar-refractivity contribution in [2.45, 2.75) is 26.9 Å². The number of aliphatic hydroxyl groups excluding tert-OH is 1. The van der Waals surface area contributed by atoms with E-state index in [1.807, 2.05) is 20.8 Å². The summed E-state index contributed by atoms with van der Waals surface area (Å²) >= 11 is 0. The molecule has 0 heterocycles. The van der Waals surface area contributed by atoms with Crippen LogP contribution in [0, 0.1) is 5.92 Å². The molecule has 0 bridgehead atoms. The van der Waals surface area contributed by atoms with Gasteiger partial charge in [-0.3, -0.25) is 4.79 Å². The minimum atomic E-state index is -0.947. The zero-order valence-corrected chi connectivity index (χ0v) is 9.93. The van der Waals surface area contributed by atoms with E-state index >= 15 is 0 Å². The van der Waals surface area contributed by atoms with Gasteiger partial charge in [0.25, 0.3) is 0 Å². The largest absolute Gasteiger partial charge is 0.494 e. The number of hydrogen-bond donors (Lipinski definition) is 1. The van der Waals surface area contributed by atoms with E-state index in [0.717, 1.165) is 0 Å². The topological polar surface area (TPSA) is 46.5 Å². The fourth-order valence-electron chi connectivity index (χ4n) is 1.38. The molecule has 88 valence electrons. The summed E-state index contributed by atoms with van der Waals surface area (Å²) in [5.41, 5.74) is 0.493. The van der Waals surface area contributed by atoms with Crippen LogP contribution in [-0.4, -0.2) is 23.6 Å². The number of ketones is 1. The summed E-state index contributed by atoms with van der Waals surface area (Å²) < 4.78 is 5.30. The number of aliphatic hydroxyl groups is 1. The molecule has 0 amide bonds. The molecule has 1 aromatic carbocycles. The van der Waals surface area contributed by atoms with Gasteiger partial charge in [-0.25, -0.2) is 0 Å². The number of ether oxygens (including phenoxy) is 1. The lowest BCUT2D eigenvalue weighted by Crippen LogP contribution is -2.26. The van der Waals surface area contributed by atoms with Crippen LogP contribution in [0.5, 0.6) is 5.75 Å². The quantitative estimate of drug-likeness (QED) is 0.777. The highest BCUT2D eigenvalue weighted by molar-refractivity contribution is 5.99. The number of carbonyl (C=O) groups excluding carboxylic acids is 1. The summed E-state index contributed by atoms with van der Waals surface area (Å²) in [5, 5.41) is 9.68. The van der Waals surface area contributed by atoms with E-state index in [0.29, 0.717) is 17.9 Å². The molecule has 3 nitrogen and oxygen atoms in total. The zero-order valence-electron chi connectivity index (χ0n) is 9.93. The van der Waals surface area contributed by atoms with Gasteiger partial charge in [-0.2, -0.15) is 0 Å². The molecule has 16 heavy (non-hydrogen) atoms. The van der Waals surface area contributed by atoms with Gasteiger partial charge in [0.05, 0.1) is 6.61 Å². The molecule has 0 aromatic heterocycles. The molecule has 0 fully saturated rings. The van der Waals surface area contributed by atoms with Crippen LogP contribution in [-0.2, 0) is 0 Å². The molecule has 0 spiro atoms. The molecule has 0 saturated carbocycles. The summed E-state index contributed by atoms with van der Waals surface area (Å²) in [6, 6.07) is 6.90. The maximum atomic E-state index is 11.8. The fraction of sp³-hybridized carbons (Fsp3) is 0.462. The van der Waals surface area contributed by atoms with Gasteiger partial charge in [0.2, 0.25) is 0 Å². The number of benzene rings is 1. The standard InChI is InChI=1S/C13H18O3/c1-4-16-11-7-5-6-10(8-11)13(15)12(14)9(2)3/h5-9,12,14H,4H2,1-3H3. The first-order chi connectivity index (χ1) is 7.56. The number of Topliss-reactive ketones (excluding diaryl/α,β-unsaturated/α-hetero) is 1. The van der Waals surface area contributed by atoms with Crippen LogP contribution in [0.15, 0.2) is 24.3 Å². The first-order valence-electron chi connectivity index (χ1n) is 5.51. The van der Waals surface area contributed by atoms with E-state index < -0.39 is 6.10 Å². The van der Waals surface area contributed by atoms with Gasteiger partial charge in [-0.05, 0) is 25.0 Å². The van der Waals surface area contributed by atoms with Crippen LogP contribution in [0.4, 0.5) is 0 Å².